The van der Waals surface area contributed by atoms with E-state index in [-0.39, 0.29) is 23.9 Å². The first-order valence-electron chi connectivity index (χ1n) is 8.72. The Morgan fingerprint density at radius 3 is 1.67 bits per heavy atom. The molecule has 0 fully saturated rings. The van der Waals surface area contributed by atoms with E-state index in [4.69, 9.17) is 5.73 Å². The standard InChI is InChI=1S/C21H28N2O/c1-4-18(15-22)21(24)23(16(2)19-11-7-5-8-12-19)17(3)20-13-9-6-10-14-20/h5-14,16-18H,4,15,22H2,1-3H3/t16-,17-,18+/m1/s1. The van der Waals surface area contributed by atoms with Crippen LogP contribution >= 0.6 is 0 Å². The second-order valence-electron chi connectivity index (χ2n) is 6.26. The summed E-state index contributed by atoms with van der Waals surface area (Å²) in [6, 6.07) is 20.4. The van der Waals surface area contributed by atoms with Crippen LogP contribution in [0, 0.1) is 5.92 Å². The first-order chi connectivity index (χ1) is 11.6. The van der Waals surface area contributed by atoms with Gasteiger partial charge in [0.1, 0.15) is 0 Å². The van der Waals surface area contributed by atoms with Crippen LogP contribution in [-0.4, -0.2) is 17.4 Å². The number of nitrogens with two attached hydrogens (primary N) is 1. The molecular formula is C21H28N2O. The van der Waals surface area contributed by atoms with Crippen LogP contribution < -0.4 is 5.73 Å². The molecule has 3 nitrogen and oxygen atoms in total. The third-order valence-corrected chi connectivity index (χ3v) is 4.78. The van der Waals surface area contributed by atoms with Crippen LogP contribution in [0.3, 0.4) is 0 Å². The average Bonchev–Trinajstić information content (AvgIpc) is 2.64. The third kappa shape index (κ3) is 4.04. The normalized spacial score (nSPS) is 14.7. The van der Waals surface area contributed by atoms with Gasteiger partial charge in [0.15, 0.2) is 0 Å². The molecule has 3 atom stereocenters. The van der Waals surface area contributed by atoms with Gasteiger partial charge in [-0.3, -0.25) is 4.79 Å². The van der Waals surface area contributed by atoms with Crippen LogP contribution in [0.1, 0.15) is 50.4 Å². The van der Waals surface area contributed by atoms with Crippen molar-refractivity contribution in [3.05, 3.63) is 71.8 Å². The SMILES string of the molecule is CC[C@@H](CN)C(=O)N([C@H](C)c1ccccc1)[C@H](C)c1ccccc1. The highest BCUT2D eigenvalue weighted by Crippen LogP contribution is 2.32. The van der Waals surface area contributed by atoms with Crippen molar-refractivity contribution in [2.75, 3.05) is 6.54 Å². The van der Waals surface area contributed by atoms with Crippen molar-refractivity contribution in [2.24, 2.45) is 11.7 Å². The van der Waals surface area contributed by atoms with E-state index in [1.807, 2.05) is 48.2 Å². The summed E-state index contributed by atoms with van der Waals surface area (Å²) in [5.41, 5.74) is 8.13. The van der Waals surface area contributed by atoms with E-state index in [0.29, 0.717) is 6.54 Å². The number of benzene rings is 2. The average molecular weight is 324 g/mol. The molecule has 0 aromatic heterocycles. The Bertz CT molecular complexity index is 577. The molecule has 0 unspecified atom stereocenters. The zero-order chi connectivity index (χ0) is 17.5. The van der Waals surface area contributed by atoms with Gasteiger partial charge in [0.25, 0.3) is 0 Å². The van der Waals surface area contributed by atoms with Gasteiger partial charge in [-0.15, -0.1) is 0 Å². The molecule has 0 saturated carbocycles. The second kappa shape index (κ2) is 8.65. The van der Waals surface area contributed by atoms with Crippen molar-refractivity contribution in [3.63, 3.8) is 0 Å². The number of carbonyl (C=O) groups is 1. The number of hydrogen-bond donors (Lipinski definition) is 1. The van der Waals surface area contributed by atoms with Crippen molar-refractivity contribution < 1.29 is 4.79 Å². The Labute approximate surface area is 145 Å². The molecule has 2 rings (SSSR count). The number of hydrogen-bond acceptors (Lipinski definition) is 2. The van der Waals surface area contributed by atoms with Crippen LogP contribution in [-0.2, 0) is 4.79 Å². The summed E-state index contributed by atoms with van der Waals surface area (Å²) >= 11 is 0. The maximum Gasteiger partial charge on any atom is 0.227 e. The zero-order valence-electron chi connectivity index (χ0n) is 14.9. The minimum atomic E-state index is -0.137. The Morgan fingerprint density at radius 2 is 1.33 bits per heavy atom. The molecule has 0 saturated heterocycles. The van der Waals surface area contributed by atoms with Crippen molar-refractivity contribution in [2.45, 2.75) is 39.3 Å². The summed E-state index contributed by atoms with van der Waals surface area (Å²) in [6.45, 7) is 6.59. The van der Waals surface area contributed by atoms with Crippen molar-refractivity contribution in [1.82, 2.24) is 4.90 Å². The third-order valence-electron chi connectivity index (χ3n) is 4.78. The van der Waals surface area contributed by atoms with E-state index in [1.165, 1.54) is 0 Å². The fourth-order valence-electron chi connectivity index (χ4n) is 3.15. The Hall–Kier alpha value is -2.13. The van der Waals surface area contributed by atoms with E-state index >= 15 is 0 Å². The molecule has 2 N–H and O–H groups in total. The largest absolute Gasteiger partial charge is 0.330 e. The molecule has 0 bridgehead atoms. The molecule has 0 aliphatic heterocycles. The molecule has 0 aliphatic rings. The van der Waals surface area contributed by atoms with Gasteiger partial charge in [0.05, 0.1) is 18.0 Å². The topological polar surface area (TPSA) is 46.3 Å². The maximum absolute atomic E-state index is 13.2. The second-order valence-corrected chi connectivity index (χ2v) is 6.26. The molecule has 0 heterocycles. The van der Waals surface area contributed by atoms with Gasteiger partial charge < -0.3 is 10.6 Å². The minimum absolute atomic E-state index is 0.00509. The quantitative estimate of drug-likeness (QED) is 0.824. The summed E-state index contributed by atoms with van der Waals surface area (Å²) < 4.78 is 0. The van der Waals surface area contributed by atoms with Crippen LogP contribution in [0.4, 0.5) is 0 Å². The van der Waals surface area contributed by atoms with Crippen LogP contribution in [0.5, 0.6) is 0 Å². The van der Waals surface area contributed by atoms with E-state index in [0.717, 1.165) is 17.5 Å². The fourth-order valence-corrected chi connectivity index (χ4v) is 3.15. The van der Waals surface area contributed by atoms with E-state index in [1.54, 1.807) is 0 Å². The predicted molar refractivity (Wildman–Crippen MR) is 99.4 cm³/mol. The molecule has 0 radical (unpaired) electrons. The lowest BCUT2D eigenvalue weighted by atomic mass is 9.97. The van der Waals surface area contributed by atoms with Crippen molar-refractivity contribution >= 4 is 5.91 Å². The minimum Gasteiger partial charge on any atom is -0.330 e. The van der Waals surface area contributed by atoms with Crippen LogP contribution in [0.25, 0.3) is 0 Å². The Balaban J connectivity index is 2.39. The molecule has 2 aromatic carbocycles. The molecule has 24 heavy (non-hydrogen) atoms. The molecular weight excluding hydrogens is 296 g/mol. The zero-order valence-corrected chi connectivity index (χ0v) is 14.9. The number of rotatable bonds is 7. The van der Waals surface area contributed by atoms with E-state index in [9.17, 15) is 4.79 Å². The summed E-state index contributed by atoms with van der Waals surface area (Å²) in [7, 11) is 0. The van der Waals surface area contributed by atoms with Gasteiger partial charge in [-0.25, -0.2) is 0 Å². The monoisotopic (exact) mass is 324 g/mol. The van der Waals surface area contributed by atoms with Gasteiger partial charge in [0, 0.05) is 6.54 Å². The first-order valence-corrected chi connectivity index (χ1v) is 8.72. The van der Waals surface area contributed by atoms with Gasteiger partial charge in [-0.05, 0) is 31.4 Å². The highest BCUT2D eigenvalue weighted by molar-refractivity contribution is 5.80. The van der Waals surface area contributed by atoms with E-state index < -0.39 is 0 Å². The van der Waals surface area contributed by atoms with Crippen LogP contribution in [0.15, 0.2) is 60.7 Å². The molecule has 128 valence electrons. The highest BCUT2D eigenvalue weighted by Gasteiger charge is 2.31. The summed E-state index contributed by atoms with van der Waals surface area (Å²) in [4.78, 5) is 15.2. The molecule has 2 aromatic rings. The van der Waals surface area contributed by atoms with Gasteiger partial charge in [-0.1, -0.05) is 67.6 Å². The Morgan fingerprint density at radius 1 is 0.917 bits per heavy atom. The summed E-state index contributed by atoms with van der Waals surface area (Å²) in [5.74, 6) is -0.00460. The molecule has 3 heteroatoms. The van der Waals surface area contributed by atoms with E-state index in [2.05, 4.69) is 38.1 Å². The maximum atomic E-state index is 13.2. The Kier molecular flexibility index (Phi) is 6.56. The fraction of sp³-hybridized carbons (Fsp3) is 0.381. The molecule has 0 spiro atoms. The lowest BCUT2D eigenvalue weighted by Gasteiger charge is -2.37. The van der Waals surface area contributed by atoms with Crippen LogP contribution in [0.2, 0.25) is 0 Å². The lowest BCUT2D eigenvalue weighted by Crippen LogP contribution is -2.42. The van der Waals surface area contributed by atoms with Crippen molar-refractivity contribution in [1.29, 1.82) is 0 Å². The molecule has 1 amide bonds. The number of nitrogens with zero attached hydrogens (tertiary/aromatic N) is 1. The summed E-state index contributed by atoms with van der Waals surface area (Å²) in [6.07, 6.45) is 0.759. The van der Waals surface area contributed by atoms with Gasteiger partial charge >= 0.3 is 0 Å². The van der Waals surface area contributed by atoms with Gasteiger partial charge in [-0.2, -0.15) is 0 Å². The number of amides is 1. The highest BCUT2D eigenvalue weighted by atomic mass is 16.2. The summed E-state index contributed by atoms with van der Waals surface area (Å²) in [5, 5.41) is 0. The molecule has 0 aliphatic carbocycles. The number of carbonyl (C=O) groups excluding carboxylic acids is 1. The lowest BCUT2D eigenvalue weighted by molar-refractivity contribution is -0.140. The smallest absolute Gasteiger partial charge is 0.227 e. The first kappa shape index (κ1) is 18.2. The predicted octanol–water partition coefficient (Wildman–Crippen LogP) is 4.32. The van der Waals surface area contributed by atoms with Gasteiger partial charge in [0.2, 0.25) is 5.91 Å². The van der Waals surface area contributed by atoms with Crippen molar-refractivity contribution in [3.8, 4) is 0 Å².